The zero-order valence-corrected chi connectivity index (χ0v) is 8.62. The molecule has 0 saturated carbocycles. The lowest BCUT2D eigenvalue weighted by Crippen LogP contribution is -2.30. The molecular formula is C10H21NO2. The SMILES string of the molecule is CCCCC(CC)CC(O)C(N)=O. The summed E-state index contributed by atoms with van der Waals surface area (Å²) in [6.45, 7) is 4.21. The molecule has 2 unspecified atom stereocenters. The molecule has 3 N–H and O–H groups in total. The summed E-state index contributed by atoms with van der Waals surface area (Å²) in [5.74, 6) is -0.169. The summed E-state index contributed by atoms with van der Waals surface area (Å²) in [6, 6.07) is 0. The van der Waals surface area contributed by atoms with E-state index in [1.165, 1.54) is 0 Å². The van der Waals surface area contributed by atoms with Crippen molar-refractivity contribution in [3.8, 4) is 0 Å². The largest absolute Gasteiger partial charge is 0.383 e. The highest BCUT2D eigenvalue weighted by atomic mass is 16.3. The van der Waals surface area contributed by atoms with E-state index >= 15 is 0 Å². The predicted octanol–water partition coefficient (Wildman–Crippen LogP) is 1.44. The van der Waals surface area contributed by atoms with Gasteiger partial charge in [-0.3, -0.25) is 4.79 Å². The van der Waals surface area contributed by atoms with Gasteiger partial charge in [-0.2, -0.15) is 0 Å². The van der Waals surface area contributed by atoms with Crippen LogP contribution in [0.15, 0.2) is 0 Å². The third kappa shape index (κ3) is 5.64. The molecule has 0 aromatic heterocycles. The summed E-state index contributed by atoms with van der Waals surface area (Å²) in [5.41, 5.74) is 4.98. The molecule has 0 spiro atoms. The molecule has 0 fully saturated rings. The second-order valence-corrected chi connectivity index (χ2v) is 3.57. The van der Waals surface area contributed by atoms with Crippen LogP contribution in [0.3, 0.4) is 0 Å². The van der Waals surface area contributed by atoms with Crippen LogP contribution < -0.4 is 5.73 Å². The summed E-state index contributed by atoms with van der Waals surface area (Å²) in [4.78, 5) is 10.6. The summed E-state index contributed by atoms with van der Waals surface area (Å²) in [7, 11) is 0. The lowest BCUT2D eigenvalue weighted by Gasteiger charge is -2.16. The van der Waals surface area contributed by atoms with E-state index in [2.05, 4.69) is 13.8 Å². The lowest BCUT2D eigenvalue weighted by molar-refractivity contribution is -0.126. The topological polar surface area (TPSA) is 63.3 Å². The van der Waals surface area contributed by atoms with Crippen LogP contribution in [0, 0.1) is 5.92 Å². The van der Waals surface area contributed by atoms with E-state index in [-0.39, 0.29) is 0 Å². The molecule has 0 rings (SSSR count). The first-order valence-corrected chi connectivity index (χ1v) is 5.09. The number of aliphatic hydroxyl groups excluding tert-OH is 1. The average Bonchev–Trinajstić information content (AvgIpc) is 2.11. The minimum atomic E-state index is -0.957. The highest BCUT2D eigenvalue weighted by molar-refractivity contribution is 5.78. The van der Waals surface area contributed by atoms with Crippen molar-refractivity contribution in [2.24, 2.45) is 11.7 Å². The van der Waals surface area contributed by atoms with Crippen LogP contribution in [-0.2, 0) is 4.79 Å². The maximum Gasteiger partial charge on any atom is 0.246 e. The number of aliphatic hydroxyl groups is 1. The number of hydrogen-bond donors (Lipinski definition) is 2. The van der Waals surface area contributed by atoms with Crippen LogP contribution in [0.4, 0.5) is 0 Å². The Morgan fingerprint density at radius 2 is 2.08 bits per heavy atom. The normalized spacial score (nSPS) is 15.3. The molecule has 0 aromatic rings. The number of hydrogen-bond acceptors (Lipinski definition) is 2. The molecule has 0 aromatic carbocycles. The van der Waals surface area contributed by atoms with Gasteiger partial charge in [0.15, 0.2) is 0 Å². The molecular weight excluding hydrogens is 166 g/mol. The number of nitrogens with two attached hydrogens (primary N) is 1. The second-order valence-electron chi connectivity index (χ2n) is 3.57. The minimum Gasteiger partial charge on any atom is -0.383 e. The van der Waals surface area contributed by atoms with E-state index < -0.39 is 12.0 Å². The molecule has 78 valence electrons. The van der Waals surface area contributed by atoms with Crippen molar-refractivity contribution in [1.82, 2.24) is 0 Å². The first-order valence-electron chi connectivity index (χ1n) is 5.09. The summed E-state index contributed by atoms with van der Waals surface area (Å²) in [6.07, 6.45) is 3.96. The Bertz CT molecular complexity index is 148. The van der Waals surface area contributed by atoms with E-state index in [1.807, 2.05) is 0 Å². The standard InChI is InChI=1S/C10H21NO2/c1-3-5-6-8(4-2)7-9(12)10(11)13/h8-9,12H,3-7H2,1-2H3,(H2,11,13). The zero-order chi connectivity index (χ0) is 10.3. The van der Waals surface area contributed by atoms with E-state index in [4.69, 9.17) is 5.73 Å². The molecule has 2 atom stereocenters. The Labute approximate surface area is 80.3 Å². The molecule has 0 saturated heterocycles. The quantitative estimate of drug-likeness (QED) is 0.633. The van der Waals surface area contributed by atoms with Gasteiger partial charge in [0.25, 0.3) is 0 Å². The average molecular weight is 187 g/mol. The molecule has 0 aliphatic rings. The zero-order valence-electron chi connectivity index (χ0n) is 8.62. The maximum absolute atomic E-state index is 10.6. The summed E-state index contributed by atoms with van der Waals surface area (Å²) >= 11 is 0. The van der Waals surface area contributed by atoms with Crippen LogP contribution in [-0.4, -0.2) is 17.1 Å². The van der Waals surface area contributed by atoms with Crippen molar-refractivity contribution in [2.75, 3.05) is 0 Å². The lowest BCUT2D eigenvalue weighted by atomic mass is 9.93. The number of rotatable bonds is 7. The Morgan fingerprint density at radius 3 is 2.46 bits per heavy atom. The van der Waals surface area contributed by atoms with Crippen molar-refractivity contribution in [3.05, 3.63) is 0 Å². The monoisotopic (exact) mass is 187 g/mol. The number of carbonyl (C=O) groups excluding carboxylic acids is 1. The van der Waals surface area contributed by atoms with Crippen LogP contribution in [0.25, 0.3) is 0 Å². The Morgan fingerprint density at radius 1 is 1.46 bits per heavy atom. The molecule has 3 heteroatoms. The fourth-order valence-corrected chi connectivity index (χ4v) is 1.41. The van der Waals surface area contributed by atoms with Crippen molar-refractivity contribution in [3.63, 3.8) is 0 Å². The number of carbonyl (C=O) groups is 1. The second kappa shape index (κ2) is 6.89. The number of primary amides is 1. The van der Waals surface area contributed by atoms with E-state index in [0.717, 1.165) is 25.7 Å². The van der Waals surface area contributed by atoms with Crippen LogP contribution >= 0.6 is 0 Å². The van der Waals surface area contributed by atoms with Crippen molar-refractivity contribution >= 4 is 5.91 Å². The van der Waals surface area contributed by atoms with Crippen molar-refractivity contribution < 1.29 is 9.90 Å². The van der Waals surface area contributed by atoms with Gasteiger partial charge < -0.3 is 10.8 Å². The number of amides is 1. The van der Waals surface area contributed by atoms with Crippen molar-refractivity contribution in [1.29, 1.82) is 0 Å². The van der Waals surface area contributed by atoms with Gasteiger partial charge in [-0.15, -0.1) is 0 Å². The first-order chi connectivity index (χ1) is 6.11. The fourth-order valence-electron chi connectivity index (χ4n) is 1.41. The van der Waals surface area contributed by atoms with Gasteiger partial charge >= 0.3 is 0 Å². The summed E-state index contributed by atoms with van der Waals surface area (Å²) < 4.78 is 0. The minimum absolute atomic E-state index is 0.433. The molecule has 1 amide bonds. The molecule has 13 heavy (non-hydrogen) atoms. The van der Waals surface area contributed by atoms with Gasteiger partial charge in [0.2, 0.25) is 5.91 Å². The fraction of sp³-hybridized carbons (Fsp3) is 0.900. The molecule has 3 nitrogen and oxygen atoms in total. The Hall–Kier alpha value is -0.570. The highest BCUT2D eigenvalue weighted by Gasteiger charge is 2.16. The maximum atomic E-state index is 10.6. The number of unbranched alkanes of at least 4 members (excludes halogenated alkanes) is 1. The third-order valence-electron chi connectivity index (χ3n) is 2.43. The first kappa shape index (κ1) is 12.4. The molecule has 0 aliphatic carbocycles. The van der Waals surface area contributed by atoms with Gasteiger partial charge in [-0.05, 0) is 12.3 Å². The van der Waals surface area contributed by atoms with E-state index in [0.29, 0.717) is 12.3 Å². The molecule has 0 heterocycles. The smallest absolute Gasteiger partial charge is 0.246 e. The van der Waals surface area contributed by atoms with Crippen LogP contribution in [0.2, 0.25) is 0 Å². The predicted molar refractivity (Wildman–Crippen MR) is 53.1 cm³/mol. The van der Waals surface area contributed by atoms with E-state index in [1.54, 1.807) is 0 Å². The van der Waals surface area contributed by atoms with Crippen LogP contribution in [0.1, 0.15) is 46.0 Å². The summed E-state index contributed by atoms with van der Waals surface area (Å²) in [5, 5.41) is 9.25. The molecule has 0 aliphatic heterocycles. The Kier molecular flexibility index (Phi) is 6.59. The highest BCUT2D eigenvalue weighted by Crippen LogP contribution is 2.18. The third-order valence-corrected chi connectivity index (χ3v) is 2.43. The van der Waals surface area contributed by atoms with Gasteiger partial charge in [0.05, 0.1) is 0 Å². The van der Waals surface area contributed by atoms with Gasteiger partial charge in [-0.25, -0.2) is 0 Å². The van der Waals surface area contributed by atoms with Crippen molar-refractivity contribution in [2.45, 2.75) is 52.1 Å². The Balaban J connectivity index is 3.75. The van der Waals surface area contributed by atoms with Gasteiger partial charge in [0.1, 0.15) is 6.10 Å². The molecule has 0 bridgehead atoms. The van der Waals surface area contributed by atoms with E-state index in [9.17, 15) is 9.90 Å². The van der Waals surface area contributed by atoms with Gasteiger partial charge in [0, 0.05) is 0 Å². The van der Waals surface area contributed by atoms with Gasteiger partial charge in [-0.1, -0.05) is 39.5 Å². The molecule has 0 radical (unpaired) electrons. The van der Waals surface area contributed by atoms with Crippen LogP contribution in [0.5, 0.6) is 0 Å².